The normalized spacial score (nSPS) is 15.5. The third-order valence-corrected chi connectivity index (χ3v) is 5.32. The van der Waals surface area contributed by atoms with Crippen molar-refractivity contribution in [3.63, 3.8) is 0 Å². The molecule has 2 aromatic rings. The maximum atomic E-state index is 12.4. The number of ether oxygens (including phenoxy) is 2. The summed E-state index contributed by atoms with van der Waals surface area (Å²) in [6.07, 6.45) is 3.35. The minimum Gasteiger partial charge on any atom is -0.494 e. The molecule has 0 aromatic heterocycles. The van der Waals surface area contributed by atoms with Gasteiger partial charge < -0.3 is 19.7 Å². The molecule has 1 heterocycles. The molecular weight excluding hydrogens is 408 g/mol. The van der Waals surface area contributed by atoms with E-state index in [1.165, 1.54) is 5.56 Å². The molecule has 1 unspecified atom stereocenters. The summed E-state index contributed by atoms with van der Waals surface area (Å²) in [5.74, 6) is -0.968. The highest BCUT2D eigenvalue weighted by Gasteiger charge is 2.36. The molecule has 1 saturated heterocycles. The highest BCUT2D eigenvalue weighted by molar-refractivity contribution is 6.00. The van der Waals surface area contributed by atoms with Crippen LogP contribution in [0.4, 0.5) is 11.4 Å². The lowest BCUT2D eigenvalue weighted by atomic mass is 10.1. The van der Waals surface area contributed by atoms with Crippen LogP contribution in [0, 0.1) is 5.92 Å². The number of esters is 1. The number of hydrogen-bond acceptors (Lipinski definition) is 5. The van der Waals surface area contributed by atoms with Crippen LogP contribution in [0.2, 0.25) is 0 Å². The lowest BCUT2D eigenvalue weighted by Crippen LogP contribution is -2.28. The summed E-state index contributed by atoms with van der Waals surface area (Å²) in [5, 5.41) is 2.67. The van der Waals surface area contributed by atoms with Crippen molar-refractivity contribution < 1.29 is 23.9 Å². The molecule has 2 amide bonds. The number of aryl methyl sites for hydroxylation is 1. The van der Waals surface area contributed by atoms with Crippen molar-refractivity contribution in [2.45, 2.75) is 39.5 Å². The summed E-state index contributed by atoms with van der Waals surface area (Å²) in [7, 11) is 0. The maximum absolute atomic E-state index is 12.4. The SMILES string of the molecule is CCCCc1ccc(N2CC(C(=O)OCC(=O)Nc3ccc(OCC)cc3)CC2=O)cc1. The minimum atomic E-state index is -0.583. The molecule has 1 atom stereocenters. The Labute approximate surface area is 188 Å². The van der Waals surface area contributed by atoms with Gasteiger partial charge in [0, 0.05) is 24.3 Å². The molecule has 1 N–H and O–H groups in total. The first-order valence-corrected chi connectivity index (χ1v) is 11.1. The van der Waals surface area contributed by atoms with E-state index in [1.54, 1.807) is 29.2 Å². The van der Waals surface area contributed by atoms with Crippen molar-refractivity contribution >= 4 is 29.2 Å². The summed E-state index contributed by atoms with van der Waals surface area (Å²) < 4.78 is 10.5. The first-order valence-electron chi connectivity index (χ1n) is 11.1. The van der Waals surface area contributed by atoms with E-state index in [2.05, 4.69) is 12.2 Å². The highest BCUT2D eigenvalue weighted by atomic mass is 16.5. The van der Waals surface area contributed by atoms with Crippen LogP contribution in [0.5, 0.6) is 5.75 Å². The van der Waals surface area contributed by atoms with Gasteiger partial charge >= 0.3 is 5.97 Å². The molecule has 170 valence electrons. The van der Waals surface area contributed by atoms with Gasteiger partial charge in [-0.05, 0) is 61.7 Å². The van der Waals surface area contributed by atoms with E-state index in [1.807, 2.05) is 31.2 Å². The monoisotopic (exact) mass is 438 g/mol. The molecule has 0 spiro atoms. The summed E-state index contributed by atoms with van der Waals surface area (Å²) in [4.78, 5) is 38.6. The molecule has 1 aliphatic heterocycles. The van der Waals surface area contributed by atoms with Crippen LogP contribution in [0.3, 0.4) is 0 Å². The molecule has 0 aliphatic carbocycles. The number of nitrogens with one attached hydrogen (secondary N) is 1. The van der Waals surface area contributed by atoms with Gasteiger partial charge in [0.1, 0.15) is 5.75 Å². The van der Waals surface area contributed by atoms with Gasteiger partial charge in [-0.25, -0.2) is 0 Å². The average molecular weight is 439 g/mol. The molecule has 1 fully saturated rings. The Hall–Kier alpha value is -3.35. The molecule has 2 aromatic carbocycles. The summed E-state index contributed by atoms with van der Waals surface area (Å²) >= 11 is 0. The van der Waals surface area contributed by atoms with E-state index < -0.39 is 24.4 Å². The molecule has 32 heavy (non-hydrogen) atoms. The number of benzene rings is 2. The molecule has 7 heteroatoms. The van der Waals surface area contributed by atoms with Gasteiger partial charge in [-0.1, -0.05) is 25.5 Å². The standard InChI is InChI=1S/C25H30N2O5/c1-3-5-6-18-7-11-21(12-8-18)27-16-19(15-24(27)29)25(30)32-17-23(28)26-20-9-13-22(14-10-20)31-4-2/h7-14,19H,3-6,15-17H2,1-2H3,(H,26,28). The highest BCUT2D eigenvalue weighted by Crippen LogP contribution is 2.26. The Morgan fingerprint density at radius 2 is 1.78 bits per heavy atom. The van der Waals surface area contributed by atoms with Crippen LogP contribution in [0.15, 0.2) is 48.5 Å². The van der Waals surface area contributed by atoms with Crippen LogP contribution in [0.1, 0.15) is 38.7 Å². The Kier molecular flexibility index (Phi) is 8.25. The van der Waals surface area contributed by atoms with E-state index in [4.69, 9.17) is 9.47 Å². The third-order valence-electron chi connectivity index (χ3n) is 5.32. The second-order valence-electron chi connectivity index (χ2n) is 7.79. The zero-order chi connectivity index (χ0) is 22.9. The lowest BCUT2D eigenvalue weighted by Gasteiger charge is -2.17. The summed E-state index contributed by atoms with van der Waals surface area (Å²) in [5.41, 5.74) is 2.59. The van der Waals surface area contributed by atoms with Gasteiger partial charge in [-0.15, -0.1) is 0 Å². The number of rotatable bonds is 10. The van der Waals surface area contributed by atoms with Gasteiger partial charge in [-0.2, -0.15) is 0 Å². The Bertz CT molecular complexity index is 924. The summed E-state index contributed by atoms with van der Waals surface area (Å²) in [6, 6.07) is 14.8. The fraction of sp³-hybridized carbons (Fsp3) is 0.400. The number of nitrogens with zero attached hydrogens (tertiary/aromatic N) is 1. The predicted molar refractivity (Wildman–Crippen MR) is 123 cm³/mol. The zero-order valence-corrected chi connectivity index (χ0v) is 18.6. The van der Waals surface area contributed by atoms with E-state index in [0.717, 1.165) is 24.9 Å². The van der Waals surface area contributed by atoms with Crippen molar-refractivity contribution in [1.82, 2.24) is 0 Å². The van der Waals surface area contributed by atoms with E-state index in [9.17, 15) is 14.4 Å². The smallest absolute Gasteiger partial charge is 0.311 e. The first kappa shape index (κ1) is 23.3. The molecule has 0 bridgehead atoms. The van der Waals surface area contributed by atoms with E-state index in [-0.39, 0.29) is 18.9 Å². The van der Waals surface area contributed by atoms with Crippen molar-refractivity contribution in [2.75, 3.05) is 30.0 Å². The Balaban J connectivity index is 1.47. The number of unbranched alkanes of at least 4 members (excludes halogenated alkanes) is 1. The van der Waals surface area contributed by atoms with Crippen LogP contribution < -0.4 is 15.0 Å². The van der Waals surface area contributed by atoms with E-state index >= 15 is 0 Å². The quantitative estimate of drug-likeness (QED) is 0.568. The van der Waals surface area contributed by atoms with Crippen LogP contribution >= 0.6 is 0 Å². The van der Waals surface area contributed by atoms with E-state index in [0.29, 0.717) is 18.0 Å². The first-order chi connectivity index (χ1) is 15.5. The van der Waals surface area contributed by atoms with Gasteiger partial charge in [0.15, 0.2) is 6.61 Å². The predicted octanol–water partition coefficient (Wildman–Crippen LogP) is 3.96. The number of anilines is 2. The van der Waals surface area contributed by atoms with Crippen LogP contribution in [-0.2, 0) is 25.5 Å². The van der Waals surface area contributed by atoms with Gasteiger partial charge in [0.05, 0.1) is 12.5 Å². The van der Waals surface area contributed by atoms with Crippen molar-refractivity contribution in [1.29, 1.82) is 0 Å². The molecular formula is C25H30N2O5. The fourth-order valence-corrected chi connectivity index (χ4v) is 3.59. The molecule has 1 aliphatic rings. The molecule has 0 radical (unpaired) electrons. The minimum absolute atomic E-state index is 0.0803. The van der Waals surface area contributed by atoms with Crippen molar-refractivity contribution in [3.8, 4) is 5.75 Å². The lowest BCUT2D eigenvalue weighted by molar-refractivity contribution is -0.151. The largest absolute Gasteiger partial charge is 0.494 e. The average Bonchev–Trinajstić information content (AvgIpc) is 3.19. The number of hydrogen-bond donors (Lipinski definition) is 1. The molecule has 3 rings (SSSR count). The van der Waals surface area contributed by atoms with Gasteiger partial charge in [-0.3, -0.25) is 14.4 Å². The maximum Gasteiger partial charge on any atom is 0.311 e. The number of carbonyl (C=O) groups excluding carboxylic acids is 3. The van der Waals surface area contributed by atoms with Crippen LogP contribution in [0.25, 0.3) is 0 Å². The third kappa shape index (κ3) is 6.33. The van der Waals surface area contributed by atoms with Gasteiger partial charge in [0.2, 0.25) is 5.91 Å². The second-order valence-corrected chi connectivity index (χ2v) is 7.79. The second kappa shape index (κ2) is 11.3. The fourth-order valence-electron chi connectivity index (χ4n) is 3.59. The number of carbonyl (C=O) groups is 3. The molecule has 0 saturated carbocycles. The van der Waals surface area contributed by atoms with Crippen molar-refractivity contribution in [2.24, 2.45) is 5.92 Å². The Morgan fingerprint density at radius 1 is 1.06 bits per heavy atom. The van der Waals surface area contributed by atoms with Crippen LogP contribution in [-0.4, -0.2) is 37.5 Å². The van der Waals surface area contributed by atoms with Gasteiger partial charge in [0.25, 0.3) is 5.91 Å². The summed E-state index contributed by atoms with van der Waals surface area (Å²) in [6.45, 7) is 4.47. The topological polar surface area (TPSA) is 84.9 Å². The molecule has 7 nitrogen and oxygen atoms in total. The van der Waals surface area contributed by atoms with Crippen molar-refractivity contribution in [3.05, 3.63) is 54.1 Å². The zero-order valence-electron chi connectivity index (χ0n) is 18.6. The number of amides is 2. The Morgan fingerprint density at radius 3 is 2.44 bits per heavy atom.